The van der Waals surface area contributed by atoms with Crippen molar-refractivity contribution in [2.45, 2.75) is 26.1 Å². The van der Waals surface area contributed by atoms with Crippen LogP contribution in [0.15, 0.2) is 18.2 Å². The van der Waals surface area contributed by atoms with Crippen LogP contribution in [-0.4, -0.2) is 4.98 Å². The lowest BCUT2D eigenvalue weighted by Crippen LogP contribution is -2.06. The molecule has 0 spiro atoms. The van der Waals surface area contributed by atoms with Gasteiger partial charge in [-0.25, -0.2) is 0 Å². The number of rotatable bonds is 1. The molecule has 0 fully saturated rings. The molecule has 0 amide bonds. The first-order chi connectivity index (χ1) is 7.80. The summed E-state index contributed by atoms with van der Waals surface area (Å²) in [6.07, 6.45) is -4.32. The third kappa shape index (κ3) is 2.02. The van der Waals surface area contributed by atoms with Gasteiger partial charge in [-0.05, 0) is 31.5 Å². The Labute approximate surface area is 96.6 Å². The third-order valence-corrected chi connectivity index (χ3v) is 2.82. The second kappa shape index (κ2) is 3.77. The topological polar surface area (TPSA) is 41.8 Å². The van der Waals surface area contributed by atoms with Crippen LogP contribution in [0.1, 0.15) is 29.8 Å². The van der Waals surface area contributed by atoms with E-state index in [9.17, 15) is 13.2 Å². The Morgan fingerprint density at radius 1 is 1.29 bits per heavy atom. The second-order valence-electron chi connectivity index (χ2n) is 4.21. The standard InChI is InChI=1S/C12H13F3N2/c1-6(16)11-7(2)17-10-5-8(12(13,14)15)3-4-9(10)11/h3-6,17H,16H2,1-2H3. The van der Waals surface area contributed by atoms with Gasteiger partial charge in [-0.15, -0.1) is 0 Å². The molecule has 1 aromatic carbocycles. The van der Waals surface area contributed by atoms with Crippen molar-refractivity contribution in [1.29, 1.82) is 0 Å². The fraction of sp³-hybridized carbons (Fsp3) is 0.333. The van der Waals surface area contributed by atoms with Crippen molar-refractivity contribution in [3.8, 4) is 0 Å². The summed E-state index contributed by atoms with van der Waals surface area (Å²) in [7, 11) is 0. The molecule has 0 radical (unpaired) electrons. The number of hydrogen-bond acceptors (Lipinski definition) is 1. The Bertz CT molecular complexity index is 553. The van der Waals surface area contributed by atoms with Crippen molar-refractivity contribution in [2.24, 2.45) is 5.73 Å². The van der Waals surface area contributed by atoms with Crippen molar-refractivity contribution in [3.05, 3.63) is 35.0 Å². The number of H-pyrrole nitrogens is 1. The Kier molecular flexibility index (Phi) is 2.66. The lowest BCUT2D eigenvalue weighted by Gasteiger charge is -2.07. The molecule has 0 saturated heterocycles. The van der Waals surface area contributed by atoms with E-state index in [1.165, 1.54) is 6.07 Å². The summed E-state index contributed by atoms with van der Waals surface area (Å²) >= 11 is 0. The van der Waals surface area contributed by atoms with E-state index in [-0.39, 0.29) is 6.04 Å². The smallest absolute Gasteiger partial charge is 0.358 e. The number of hydrogen-bond donors (Lipinski definition) is 2. The van der Waals surface area contributed by atoms with E-state index in [2.05, 4.69) is 4.98 Å². The normalized spacial score (nSPS) is 14.2. The fourth-order valence-electron chi connectivity index (χ4n) is 2.12. The highest BCUT2D eigenvalue weighted by Gasteiger charge is 2.30. The number of fused-ring (bicyclic) bond motifs is 1. The largest absolute Gasteiger partial charge is 0.416 e. The first-order valence-electron chi connectivity index (χ1n) is 5.25. The quantitative estimate of drug-likeness (QED) is 0.789. The van der Waals surface area contributed by atoms with Crippen LogP contribution in [0, 0.1) is 6.92 Å². The summed E-state index contributed by atoms with van der Waals surface area (Å²) in [6, 6.07) is 3.47. The van der Waals surface area contributed by atoms with Crippen molar-refractivity contribution in [3.63, 3.8) is 0 Å². The average molecular weight is 242 g/mol. The van der Waals surface area contributed by atoms with Crippen LogP contribution >= 0.6 is 0 Å². The molecule has 5 heteroatoms. The molecular weight excluding hydrogens is 229 g/mol. The molecule has 1 unspecified atom stereocenters. The number of aromatic nitrogens is 1. The van der Waals surface area contributed by atoms with Gasteiger partial charge in [0, 0.05) is 22.6 Å². The molecule has 17 heavy (non-hydrogen) atoms. The molecule has 0 aliphatic heterocycles. The van der Waals surface area contributed by atoms with Gasteiger partial charge >= 0.3 is 6.18 Å². The van der Waals surface area contributed by atoms with Gasteiger partial charge in [0.2, 0.25) is 0 Å². The highest BCUT2D eigenvalue weighted by atomic mass is 19.4. The summed E-state index contributed by atoms with van der Waals surface area (Å²) in [6.45, 7) is 3.62. The van der Waals surface area contributed by atoms with Gasteiger partial charge < -0.3 is 10.7 Å². The molecule has 2 nitrogen and oxygen atoms in total. The maximum absolute atomic E-state index is 12.5. The minimum Gasteiger partial charge on any atom is -0.358 e. The minimum absolute atomic E-state index is 0.208. The number of nitrogens with one attached hydrogen (secondary N) is 1. The van der Waals surface area contributed by atoms with Gasteiger partial charge in [-0.3, -0.25) is 0 Å². The van der Waals surface area contributed by atoms with Crippen LogP contribution in [0.2, 0.25) is 0 Å². The molecule has 1 atom stereocenters. The first-order valence-corrected chi connectivity index (χ1v) is 5.25. The van der Waals surface area contributed by atoms with Crippen LogP contribution in [0.3, 0.4) is 0 Å². The lowest BCUT2D eigenvalue weighted by molar-refractivity contribution is -0.137. The summed E-state index contributed by atoms with van der Waals surface area (Å²) in [5.41, 5.74) is 7.32. The van der Waals surface area contributed by atoms with E-state index < -0.39 is 11.7 Å². The molecule has 1 heterocycles. The van der Waals surface area contributed by atoms with Crippen molar-refractivity contribution in [1.82, 2.24) is 4.98 Å². The first kappa shape index (κ1) is 12.0. The Hall–Kier alpha value is -1.49. The SMILES string of the molecule is Cc1[nH]c2cc(C(F)(F)F)ccc2c1C(C)N. The number of nitrogens with two attached hydrogens (primary N) is 1. The Morgan fingerprint density at radius 2 is 1.94 bits per heavy atom. The van der Waals surface area contributed by atoms with E-state index in [0.717, 1.165) is 28.8 Å². The Balaban J connectivity index is 2.66. The van der Waals surface area contributed by atoms with Gasteiger partial charge in [-0.2, -0.15) is 13.2 Å². The van der Waals surface area contributed by atoms with Crippen LogP contribution < -0.4 is 5.73 Å². The van der Waals surface area contributed by atoms with Gasteiger partial charge in [0.05, 0.1) is 5.56 Å². The van der Waals surface area contributed by atoms with Crippen molar-refractivity contribution in [2.75, 3.05) is 0 Å². The molecule has 2 aromatic rings. The Morgan fingerprint density at radius 3 is 2.47 bits per heavy atom. The molecule has 3 N–H and O–H groups in total. The van der Waals surface area contributed by atoms with E-state index in [1.807, 2.05) is 13.8 Å². The summed E-state index contributed by atoms with van der Waals surface area (Å²) in [4.78, 5) is 2.94. The number of aryl methyl sites for hydroxylation is 1. The lowest BCUT2D eigenvalue weighted by atomic mass is 10.0. The van der Waals surface area contributed by atoms with Crippen LogP contribution in [0.4, 0.5) is 13.2 Å². The van der Waals surface area contributed by atoms with Gasteiger partial charge in [-0.1, -0.05) is 6.07 Å². The maximum atomic E-state index is 12.5. The van der Waals surface area contributed by atoms with Gasteiger partial charge in [0.25, 0.3) is 0 Å². The zero-order valence-corrected chi connectivity index (χ0v) is 9.52. The summed E-state index contributed by atoms with van der Waals surface area (Å²) < 4.78 is 37.6. The maximum Gasteiger partial charge on any atom is 0.416 e. The van der Waals surface area contributed by atoms with Gasteiger partial charge in [0.15, 0.2) is 0 Å². The molecule has 0 aliphatic carbocycles. The highest BCUT2D eigenvalue weighted by molar-refractivity contribution is 5.85. The predicted molar refractivity (Wildman–Crippen MR) is 60.6 cm³/mol. The summed E-state index contributed by atoms with van der Waals surface area (Å²) in [5.74, 6) is 0. The second-order valence-corrected chi connectivity index (χ2v) is 4.21. The molecule has 2 rings (SSSR count). The van der Waals surface area contributed by atoms with Gasteiger partial charge in [0.1, 0.15) is 0 Å². The average Bonchev–Trinajstić information content (AvgIpc) is 2.50. The molecule has 0 saturated carbocycles. The number of aromatic amines is 1. The zero-order chi connectivity index (χ0) is 12.8. The third-order valence-electron chi connectivity index (χ3n) is 2.82. The molecule has 92 valence electrons. The molecular formula is C12H13F3N2. The minimum atomic E-state index is -4.32. The predicted octanol–water partition coefficient (Wildman–Crippen LogP) is 3.51. The zero-order valence-electron chi connectivity index (χ0n) is 9.52. The van der Waals surface area contributed by atoms with Crippen molar-refractivity contribution < 1.29 is 13.2 Å². The van der Waals surface area contributed by atoms with E-state index in [0.29, 0.717) is 5.52 Å². The number of alkyl halides is 3. The number of halogens is 3. The monoisotopic (exact) mass is 242 g/mol. The van der Waals surface area contributed by atoms with E-state index >= 15 is 0 Å². The van der Waals surface area contributed by atoms with E-state index in [1.54, 1.807) is 0 Å². The van der Waals surface area contributed by atoms with Crippen LogP contribution in [0.25, 0.3) is 10.9 Å². The molecule has 0 bridgehead atoms. The van der Waals surface area contributed by atoms with E-state index in [4.69, 9.17) is 5.73 Å². The van der Waals surface area contributed by atoms with Crippen molar-refractivity contribution >= 4 is 10.9 Å². The fourth-order valence-corrected chi connectivity index (χ4v) is 2.12. The molecule has 1 aromatic heterocycles. The van der Waals surface area contributed by atoms with Crippen LogP contribution in [0.5, 0.6) is 0 Å². The summed E-state index contributed by atoms with van der Waals surface area (Å²) in [5, 5.41) is 0.755. The molecule has 0 aliphatic rings. The van der Waals surface area contributed by atoms with Crippen LogP contribution in [-0.2, 0) is 6.18 Å². The highest BCUT2D eigenvalue weighted by Crippen LogP contribution is 2.33. The number of benzene rings is 1.